The number of carbonyl (C=O) groups is 3. The van der Waals surface area contributed by atoms with Crippen molar-refractivity contribution in [2.45, 2.75) is 26.2 Å². The van der Waals surface area contributed by atoms with Gasteiger partial charge in [0, 0.05) is 38.7 Å². The van der Waals surface area contributed by atoms with Gasteiger partial charge < -0.3 is 24.4 Å². The summed E-state index contributed by atoms with van der Waals surface area (Å²) in [6, 6.07) is 9.37. The lowest BCUT2D eigenvalue weighted by molar-refractivity contribution is -0.132. The standard InChI is InChI=1S/C23H30N4O5S/c1-17-14-20(25-32-17)24-21(28)15-33-16-23(30)27-11-3-10-26(12-13-27)22(29)9-6-18-4-7-19(31-2)8-5-18/h4-5,7-8,14H,3,6,9-13,15-16H2,1-2H3,(H,24,25,28). The van der Waals surface area contributed by atoms with Crippen molar-refractivity contribution in [3.63, 3.8) is 0 Å². The molecule has 0 bridgehead atoms. The number of hydrogen-bond donors (Lipinski definition) is 1. The molecule has 2 heterocycles. The number of benzene rings is 1. The van der Waals surface area contributed by atoms with Gasteiger partial charge in [-0.25, -0.2) is 0 Å². The molecule has 0 aliphatic carbocycles. The number of methoxy groups -OCH3 is 1. The maximum Gasteiger partial charge on any atom is 0.235 e. The molecule has 178 valence electrons. The van der Waals surface area contributed by atoms with Gasteiger partial charge >= 0.3 is 0 Å². The van der Waals surface area contributed by atoms with Crippen LogP contribution in [0.3, 0.4) is 0 Å². The van der Waals surface area contributed by atoms with E-state index in [-0.39, 0.29) is 29.2 Å². The fraction of sp³-hybridized carbons (Fsp3) is 0.478. The topological polar surface area (TPSA) is 105 Å². The number of aryl methyl sites for hydroxylation is 2. The second kappa shape index (κ2) is 12.3. The monoisotopic (exact) mass is 474 g/mol. The summed E-state index contributed by atoms with van der Waals surface area (Å²) in [5.41, 5.74) is 1.09. The van der Waals surface area contributed by atoms with Gasteiger partial charge in [-0.1, -0.05) is 17.3 Å². The molecule has 33 heavy (non-hydrogen) atoms. The molecule has 1 aromatic heterocycles. The number of nitrogens with zero attached hydrogens (tertiary/aromatic N) is 3. The van der Waals surface area contributed by atoms with E-state index in [1.807, 2.05) is 29.2 Å². The predicted octanol–water partition coefficient (Wildman–Crippen LogP) is 2.36. The van der Waals surface area contributed by atoms with E-state index < -0.39 is 0 Å². The van der Waals surface area contributed by atoms with Crippen molar-refractivity contribution in [2.24, 2.45) is 0 Å². The van der Waals surface area contributed by atoms with Crippen molar-refractivity contribution < 1.29 is 23.6 Å². The number of amides is 3. The molecule has 0 atom stereocenters. The highest BCUT2D eigenvalue weighted by Crippen LogP contribution is 2.14. The van der Waals surface area contributed by atoms with Gasteiger partial charge in [-0.15, -0.1) is 11.8 Å². The Balaban J connectivity index is 1.36. The highest BCUT2D eigenvalue weighted by molar-refractivity contribution is 8.00. The quantitative estimate of drug-likeness (QED) is 0.595. The van der Waals surface area contributed by atoms with E-state index in [0.29, 0.717) is 50.6 Å². The van der Waals surface area contributed by atoms with Gasteiger partial charge in [0.15, 0.2) is 5.82 Å². The van der Waals surface area contributed by atoms with E-state index in [4.69, 9.17) is 9.26 Å². The maximum absolute atomic E-state index is 12.7. The Bertz CT molecular complexity index is 947. The molecule has 1 aliphatic rings. The summed E-state index contributed by atoms with van der Waals surface area (Å²) < 4.78 is 10.1. The second-order valence-electron chi connectivity index (χ2n) is 7.83. The van der Waals surface area contributed by atoms with E-state index in [9.17, 15) is 14.4 Å². The first-order chi connectivity index (χ1) is 15.9. The average molecular weight is 475 g/mol. The zero-order valence-electron chi connectivity index (χ0n) is 19.0. The molecule has 1 saturated heterocycles. The molecule has 0 spiro atoms. The second-order valence-corrected chi connectivity index (χ2v) is 8.81. The minimum absolute atomic E-state index is 0.0161. The molecule has 1 aliphatic heterocycles. The number of thioether (sulfide) groups is 1. The van der Waals surface area contributed by atoms with Crippen LogP contribution >= 0.6 is 11.8 Å². The molecule has 9 nitrogen and oxygen atoms in total. The third-order valence-electron chi connectivity index (χ3n) is 5.34. The molecular weight excluding hydrogens is 444 g/mol. The van der Waals surface area contributed by atoms with E-state index in [1.54, 1.807) is 25.0 Å². The van der Waals surface area contributed by atoms with Gasteiger partial charge in [0.25, 0.3) is 0 Å². The van der Waals surface area contributed by atoms with Crippen LogP contribution in [0.25, 0.3) is 0 Å². The Labute approximate surface area is 197 Å². The predicted molar refractivity (Wildman–Crippen MR) is 126 cm³/mol. The third kappa shape index (κ3) is 7.81. The highest BCUT2D eigenvalue weighted by Gasteiger charge is 2.22. The smallest absolute Gasteiger partial charge is 0.235 e. The average Bonchev–Trinajstić information content (AvgIpc) is 3.06. The largest absolute Gasteiger partial charge is 0.497 e. The fourth-order valence-electron chi connectivity index (χ4n) is 3.54. The van der Waals surface area contributed by atoms with E-state index in [0.717, 1.165) is 17.7 Å². The molecule has 2 aromatic rings. The summed E-state index contributed by atoms with van der Waals surface area (Å²) in [5, 5.41) is 6.35. The Hall–Kier alpha value is -3.01. The number of carbonyl (C=O) groups excluding carboxylic acids is 3. The molecule has 1 N–H and O–H groups in total. The Morgan fingerprint density at radius 2 is 1.76 bits per heavy atom. The van der Waals surface area contributed by atoms with E-state index >= 15 is 0 Å². The van der Waals surface area contributed by atoms with Crippen LogP contribution in [0.1, 0.15) is 24.2 Å². The lowest BCUT2D eigenvalue weighted by atomic mass is 10.1. The van der Waals surface area contributed by atoms with Gasteiger partial charge in [-0.05, 0) is 37.5 Å². The number of ether oxygens (including phenoxy) is 1. The number of rotatable bonds is 9. The van der Waals surface area contributed by atoms with Gasteiger partial charge in [0.1, 0.15) is 11.5 Å². The lowest BCUT2D eigenvalue weighted by Gasteiger charge is -2.22. The van der Waals surface area contributed by atoms with Crippen LogP contribution in [-0.4, -0.2) is 77.5 Å². The first-order valence-corrected chi connectivity index (χ1v) is 12.1. The molecule has 1 aromatic carbocycles. The summed E-state index contributed by atoms with van der Waals surface area (Å²) in [6.45, 7) is 4.05. The summed E-state index contributed by atoms with van der Waals surface area (Å²) in [5.74, 6) is 2.01. The molecule has 3 rings (SSSR count). The van der Waals surface area contributed by atoms with Crippen LogP contribution in [0.2, 0.25) is 0 Å². The highest BCUT2D eigenvalue weighted by atomic mass is 32.2. The van der Waals surface area contributed by atoms with E-state index in [2.05, 4.69) is 10.5 Å². The first-order valence-electron chi connectivity index (χ1n) is 10.9. The molecule has 0 unspecified atom stereocenters. The zero-order chi connectivity index (χ0) is 23.6. The maximum atomic E-state index is 12.7. The third-order valence-corrected chi connectivity index (χ3v) is 6.26. The fourth-order valence-corrected chi connectivity index (χ4v) is 4.26. The summed E-state index contributed by atoms with van der Waals surface area (Å²) in [4.78, 5) is 40.8. The molecule has 3 amide bonds. The Kier molecular flexibility index (Phi) is 9.17. The lowest BCUT2D eigenvalue weighted by Crippen LogP contribution is -2.38. The zero-order valence-corrected chi connectivity index (χ0v) is 19.9. The van der Waals surface area contributed by atoms with Crippen molar-refractivity contribution >= 4 is 35.3 Å². The van der Waals surface area contributed by atoms with Crippen LogP contribution < -0.4 is 10.1 Å². The Morgan fingerprint density at radius 1 is 1.06 bits per heavy atom. The van der Waals surface area contributed by atoms with Gasteiger partial charge in [0.2, 0.25) is 17.7 Å². The minimum Gasteiger partial charge on any atom is -0.497 e. The molecule has 1 fully saturated rings. The molecule has 10 heteroatoms. The summed E-state index contributed by atoms with van der Waals surface area (Å²) in [6.07, 6.45) is 1.86. The minimum atomic E-state index is -0.231. The molecular formula is C23H30N4O5S. The summed E-state index contributed by atoms with van der Waals surface area (Å²) >= 11 is 1.26. The number of anilines is 1. The SMILES string of the molecule is COc1ccc(CCC(=O)N2CCCN(C(=O)CSCC(=O)Nc3cc(C)on3)CC2)cc1. The van der Waals surface area contributed by atoms with E-state index in [1.165, 1.54) is 11.8 Å². The number of nitrogens with one attached hydrogen (secondary N) is 1. The van der Waals surface area contributed by atoms with Crippen molar-refractivity contribution in [1.82, 2.24) is 15.0 Å². The van der Waals surface area contributed by atoms with Gasteiger partial charge in [-0.3, -0.25) is 14.4 Å². The molecule has 0 saturated carbocycles. The van der Waals surface area contributed by atoms with Crippen LogP contribution in [0, 0.1) is 6.92 Å². The van der Waals surface area contributed by atoms with Gasteiger partial charge in [-0.2, -0.15) is 0 Å². The van der Waals surface area contributed by atoms with Crippen LogP contribution in [0.5, 0.6) is 5.75 Å². The molecule has 0 radical (unpaired) electrons. The van der Waals surface area contributed by atoms with Crippen LogP contribution in [0.4, 0.5) is 5.82 Å². The van der Waals surface area contributed by atoms with Crippen molar-refractivity contribution in [1.29, 1.82) is 0 Å². The Morgan fingerprint density at radius 3 is 2.39 bits per heavy atom. The van der Waals surface area contributed by atoms with Crippen molar-refractivity contribution in [3.8, 4) is 5.75 Å². The van der Waals surface area contributed by atoms with Crippen LogP contribution in [0.15, 0.2) is 34.9 Å². The van der Waals surface area contributed by atoms with Crippen LogP contribution in [-0.2, 0) is 20.8 Å². The van der Waals surface area contributed by atoms with Gasteiger partial charge in [0.05, 0.1) is 18.6 Å². The summed E-state index contributed by atoms with van der Waals surface area (Å²) in [7, 11) is 1.63. The number of aromatic nitrogens is 1. The normalized spacial score (nSPS) is 14.0. The first kappa shape index (κ1) is 24.6. The van der Waals surface area contributed by atoms with Crippen molar-refractivity contribution in [2.75, 3.05) is 50.1 Å². The van der Waals surface area contributed by atoms with Crippen molar-refractivity contribution in [3.05, 3.63) is 41.7 Å². The number of hydrogen-bond acceptors (Lipinski definition) is 7.